The van der Waals surface area contributed by atoms with E-state index in [4.69, 9.17) is 23.2 Å². The fourth-order valence-electron chi connectivity index (χ4n) is 1.59. The molecule has 4 heteroatoms. The van der Waals surface area contributed by atoms with E-state index in [1.165, 1.54) is 6.42 Å². The first kappa shape index (κ1) is 10.2. The van der Waals surface area contributed by atoms with Gasteiger partial charge in [-0.1, -0.05) is 36.5 Å². The third-order valence-corrected chi connectivity index (χ3v) is 3.37. The highest BCUT2D eigenvalue weighted by Gasteiger charge is 2.24. The van der Waals surface area contributed by atoms with Crippen molar-refractivity contribution in [2.24, 2.45) is 0 Å². The van der Waals surface area contributed by atoms with Crippen molar-refractivity contribution in [1.82, 2.24) is 9.97 Å². The Hall–Kier alpha value is -0.340. The maximum atomic E-state index is 6.02. The zero-order valence-electron chi connectivity index (χ0n) is 8.06. The molecule has 0 radical (unpaired) electrons. The summed E-state index contributed by atoms with van der Waals surface area (Å²) in [6.07, 6.45) is 4.37. The second-order valence-corrected chi connectivity index (χ2v) is 4.34. The van der Waals surface area contributed by atoms with Crippen molar-refractivity contribution in [2.45, 2.75) is 38.5 Å². The lowest BCUT2D eigenvalue weighted by molar-refractivity contribution is 0.401. The maximum absolute atomic E-state index is 6.02. The van der Waals surface area contributed by atoms with Crippen LogP contribution in [-0.4, -0.2) is 9.97 Å². The van der Waals surface area contributed by atoms with Gasteiger partial charge >= 0.3 is 0 Å². The van der Waals surface area contributed by atoms with Gasteiger partial charge in [0.15, 0.2) is 0 Å². The molecular weight excluding hydrogens is 219 g/mol. The van der Waals surface area contributed by atoms with Gasteiger partial charge in [0.2, 0.25) is 0 Å². The molecular formula is C10H12Cl2N2. The highest BCUT2D eigenvalue weighted by molar-refractivity contribution is 6.34. The molecule has 1 aliphatic carbocycles. The molecule has 1 fully saturated rings. The average molecular weight is 231 g/mol. The van der Waals surface area contributed by atoms with Gasteiger partial charge in [-0.25, -0.2) is 9.97 Å². The largest absolute Gasteiger partial charge is 0.221 e. The standard InChI is InChI=1S/C10H12Cl2N2/c1-2-7-8(11)13-10(14-9(7)12)6-4-3-5-6/h6H,2-5H2,1H3. The molecule has 1 saturated carbocycles. The number of nitrogens with zero attached hydrogens (tertiary/aromatic N) is 2. The Balaban J connectivity index is 2.35. The second-order valence-electron chi connectivity index (χ2n) is 3.62. The molecule has 1 heterocycles. The van der Waals surface area contributed by atoms with Crippen LogP contribution in [0.15, 0.2) is 0 Å². The number of aromatic nitrogens is 2. The van der Waals surface area contributed by atoms with E-state index in [1.54, 1.807) is 0 Å². The first-order valence-electron chi connectivity index (χ1n) is 4.94. The van der Waals surface area contributed by atoms with Crippen LogP contribution < -0.4 is 0 Å². The van der Waals surface area contributed by atoms with E-state index in [0.29, 0.717) is 16.2 Å². The number of halogens is 2. The summed E-state index contributed by atoms with van der Waals surface area (Å²) in [4.78, 5) is 8.59. The molecule has 0 bridgehead atoms. The SMILES string of the molecule is CCc1c(Cl)nc(C2CCC2)nc1Cl. The fraction of sp³-hybridized carbons (Fsp3) is 0.600. The van der Waals surface area contributed by atoms with Crippen molar-refractivity contribution in [3.05, 3.63) is 21.7 Å². The Morgan fingerprint density at radius 3 is 2.14 bits per heavy atom. The van der Waals surface area contributed by atoms with Crippen LogP contribution in [0, 0.1) is 0 Å². The molecule has 0 N–H and O–H groups in total. The molecule has 2 rings (SSSR count). The summed E-state index contributed by atoms with van der Waals surface area (Å²) in [7, 11) is 0. The van der Waals surface area contributed by atoms with Crippen LogP contribution in [0.4, 0.5) is 0 Å². The van der Waals surface area contributed by atoms with E-state index in [0.717, 1.165) is 30.7 Å². The van der Waals surface area contributed by atoms with Crippen LogP contribution in [0.3, 0.4) is 0 Å². The molecule has 0 atom stereocenters. The average Bonchev–Trinajstić information content (AvgIpc) is 2.00. The number of rotatable bonds is 2. The molecule has 0 saturated heterocycles. The lowest BCUT2D eigenvalue weighted by Crippen LogP contribution is -2.13. The smallest absolute Gasteiger partial charge is 0.137 e. The first-order valence-corrected chi connectivity index (χ1v) is 5.69. The highest BCUT2D eigenvalue weighted by atomic mass is 35.5. The summed E-state index contributed by atoms with van der Waals surface area (Å²) in [5, 5.41) is 1.05. The minimum Gasteiger partial charge on any atom is -0.221 e. The lowest BCUT2D eigenvalue weighted by atomic mass is 9.85. The molecule has 14 heavy (non-hydrogen) atoms. The van der Waals surface area contributed by atoms with Gasteiger partial charge in [0, 0.05) is 11.5 Å². The summed E-state index contributed by atoms with van der Waals surface area (Å²) in [6.45, 7) is 2.00. The van der Waals surface area contributed by atoms with Crippen molar-refractivity contribution < 1.29 is 0 Å². The molecule has 0 aliphatic heterocycles. The molecule has 0 aromatic carbocycles. The van der Waals surface area contributed by atoms with Gasteiger partial charge in [-0.15, -0.1) is 0 Å². The van der Waals surface area contributed by atoms with Crippen LogP contribution in [-0.2, 0) is 6.42 Å². The molecule has 1 aromatic heterocycles. The topological polar surface area (TPSA) is 25.8 Å². The van der Waals surface area contributed by atoms with Crippen molar-refractivity contribution in [1.29, 1.82) is 0 Å². The minimum absolute atomic E-state index is 0.482. The lowest BCUT2D eigenvalue weighted by Gasteiger charge is -2.24. The Bertz CT molecular complexity index is 325. The van der Waals surface area contributed by atoms with Crippen molar-refractivity contribution >= 4 is 23.2 Å². The van der Waals surface area contributed by atoms with Gasteiger partial charge in [-0.2, -0.15) is 0 Å². The van der Waals surface area contributed by atoms with E-state index < -0.39 is 0 Å². The van der Waals surface area contributed by atoms with Gasteiger partial charge in [-0.3, -0.25) is 0 Å². The van der Waals surface area contributed by atoms with E-state index in [1.807, 2.05) is 6.92 Å². The van der Waals surface area contributed by atoms with E-state index >= 15 is 0 Å². The Morgan fingerprint density at radius 2 is 1.79 bits per heavy atom. The molecule has 1 aliphatic rings. The van der Waals surface area contributed by atoms with Crippen molar-refractivity contribution in [3.63, 3.8) is 0 Å². The third kappa shape index (κ3) is 1.73. The Morgan fingerprint density at radius 1 is 1.21 bits per heavy atom. The Labute approximate surface area is 93.7 Å². The van der Waals surface area contributed by atoms with Crippen LogP contribution in [0.2, 0.25) is 10.3 Å². The Kier molecular flexibility index (Phi) is 2.93. The fourth-order valence-corrected chi connectivity index (χ4v) is 2.25. The summed E-state index contributed by atoms with van der Waals surface area (Å²) >= 11 is 12.0. The van der Waals surface area contributed by atoms with Crippen LogP contribution in [0.1, 0.15) is 43.5 Å². The van der Waals surface area contributed by atoms with Crippen LogP contribution >= 0.6 is 23.2 Å². The van der Waals surface area contributed by atoms with Crippen LogP contribution in [0.5, 0.6) is 0 Å². The molecule has 0 amide bonds. The summed E-state index contributed by atoms with van der Waals surface area (Å²) < 4.78 is 0. The zero-order valence-corrected chi connectivity index (χ0v) is 9.57. The third-order valence-electron chi connectivity index (χ3n) is 2.75. The van der Waals surface area contributed by atoms with E-state index in [-0.39, 0.29) is 0 Å². The van der Waals surface area contributed by atoms with Crippen molar-refractivity contribution in [3.8, 4) is 0 Å². The predicted octanol–water partition coefficient (Wildman–Crippen LogP) is 3.61. The quantitative estimate of drug-likeness (QED) is 0.726. The van der Waals surface area contributed by atoms with E-state index in [9.17, 15) is 0 Å². The van der Waals surface area contributed by atoms with Gasteiger partial charge in [0.1, 0.15) is 16.1 Å². The second kappa shape index (κ2) is 4.03. The van der Waals surface area contributed by atoms with Gasteiger partial charge in [-0.05, 0) is 19.3 Å². The zero-order chi connectivity index (χ0) is 10.1. The van der Waals surface area contributed by atoms with E-state index in [2.05, 4.69) is 9.97 Å². The minimum atomic E-state index is 0.482. The van der Waals surface area contributed by atoms with Crippen molar-refractivity contribution in [2.75, 3.05) is 0 Å². The summed E-state index contributed by atoms with van der Waals surface area (Å²) in [5.41, 5.74) is 0.858. The monoisotopic (exact) mass is 230 g/mol. The summed E-state index contributed by atoms with van der Waals surface area (Å²) in [6, 6.07) is 0. The summed E-state index contributed by atoms with van der Waals surface area (Å²) in [5.74, 6) is 1.30. The number of hydrogen-bond acceptors (Lipinski definition) is 2. The van der Waals surface area contributed by atoms with Gasteiger partial charge in [0.05, 0.1) is 0 Å². The van der Waals surface area contributed by atoms with Gasteiger partial charge in [0.25, 0.3) is 0 Å². The maximum Gasteiger partial charge on any atom is 0.137 e. The predicted molar refractivity (Wildman–Crippen MR) is 58.0 cm³/mol. The highest BCUT2D eigenvalue weighted by Crippen LogP contribution is 2.36. The van der Waals surface area contributed by atoms with Gasteiger partial charge < -0.3 is 0 Å². The number of hydrogen-bond donors (Lipinski definition) is 0. The first-order chi connectivity index (χ1) is 6.72. The normalized spacial score (nSPS) is 16.8. The molecule has 76 valence electrons. The molecule has 1 aromatic rings. The van der Waals surface area contributed by atoms with Crippen LogP contribution in [0.25, 0.3) is 0 Å². The molecule has 2 nitrogen and oxygen atoms in total. The molecule has 0 unspecified atom stereocenters. The molecule has 0 spiro atoms.